The van der Waals surface area contributed by atoms with Crippen LogP contribution in [0.1, 0.15) is 11.3 Å². The van der Waals surface area contributed by atoms with Crippen LogP contribution >= 0.6 is 0 Å². The van der Waals surface area contributed by atoms with Crippen LogP contribution < -0.4 is 15.4 Å². The van der Waals surface area contributed by atoms with Gasteiger partial charge in [-0.3, -0.25) is 4.98 Å². The van der Waals surface area contributed by atoms with Gasteiger partial charge < -0.3 is 15.4 Å². The van der Waals surface area contributed by atoms with Crippen LogP contribution in [0.5, 0.6) is 5.75 Å². The highest BCUT2D eigenvalue weighted by molar-refractivity contribution is 5.57. The standard InChI is InChI=1S/C18H19N5O/c1-13-9-17(20-12-14-5-4-8-19-11-14)23-18(21-13)22-15-6-3-7-16(10-15)24-2/h3-11H,12H2,1-2H3,(H2,20,21,22,23). The van der Waals surface area contributed by atoms with Crippen molar-refractivity contribution in [1.29, 1.82) is 0 Å². The van der Waals surface area contributed by atoms with Crippen molar-refractivity contribution >= 4 is 17.5 Å². The minimum Gasteiger partial charge on any atom is -0.497 e. The van der Waals surface area contributed by atoms with E-state index in [0.717, 1.165) is 28.5 Å². The van der Waals surface area contributed by atoms with E-state index in [9.17, 15) is 0 Å². The first-order valence-corrected chi connectivity index (χ1v) is 7.62. The lowest BCUT2D eigenvalue weighted by atomic mass is 10.3. The van der Waals surface area contributed by atoms with E-state index in [1.807, 2.05) is 55.6 Å². The van der Waals surface area contributed by atoms with Gasteiger partial charge in [-0.15, -0.1) is 0 Å². The predicted octanol–water partition coefficient (Wildman–Crippen LogP) is 3.54. The van der Waals surface area contributed by atoms with Gasteiger partial charge in [0.05, 0.1) is 7.11 Å². The average Bonchev–Trinajstić information content (AvgIpc) is 2.60. The lowest BCUT2D eigenvalue weighted by molar-refractivity contribution is 0.415. The van der Waals surface area contributed by atoms with Crippen LogP contribution in [0.15, 0.2) is 54.9 Å². The molecule has 0 saturated heterocycles. The fraction of sp³-hybridized carbons (Fsp3) is 0.167. The third kappa shape index (κ3) is 4.19. The molecule has 6 heteroatoms. The third-order valence-corrected chi connectivity index (χ3v) is 3.38. The molecule has 0 fully saturated rings. The fourth-order valence-electron chi connectivity index (χ4n) is 2.24. The Bertz CT molecular complexity index is 808. The molecule has 122 valence electrons. The summed E-state index contributed by atoms with van der Waals surface area (Å²) in [5, 5.41) is 6.50. The van der Waals surface area contributed by atoms with Crippen molar-refractivity contribution in [3.63, 3.8) is 0 Å². The molecular weight excluding hydrogens is 302 g/mol. The summed E-state index contributed by atoms with van der Waals surface area (Å²) in [7, 11) is 1.64. The quantitative estimate of drug-likeness (QED) is 0.723. The van der Waals surface area contributed by atoms with E-state index < -0.39 is 0 Å². The van der Waals surface area contributed by atoms with Crippen LogP contribution in [-0.4, -0.2) is 22.1 Å². The van der Waals surface area contributed by atoms with Crippen LogP contribution in [0.4, 0.5) is 17.5 Å². The number of hydrogen-bond donors (Lipinski definition) is 2. The Morgan fingerprint density at radius 2 is 2.00 bits per heavy atom. The van der Waals surface area contributed by atoms with Crippen LogP contribution in [0.2, 0.25) is 0 Å². The molecule has 0 aliphatic carbocycles. The van der Waals surface area contributed by atoms with Crippen LogP contribution in [0, 0.1) is 6.92 Å². The number of pyridine rings is 1. The fourth-order valence-corrected chi connectivity index (χ4v) is 2.24. The molecule has 1 aromatic carbocycles. The normalized spacial score (nSPS) is 10.2. The number of anilines is 3. The highest BCUT2D eigenvalue weighted by atomic mass is 16.5. The highest BCUT2D eigenvalue weighted by Gasteiger charge is 2.04. The number of ether oxygens (including phenoxy) is 1. The second kappa shape index (κ2) is 7.41. The second-order valence-electron chi connectivity index (χ2n) is 5.29. The first-order chi connectivity index (χ1) is 11.7. The first-order valence-electron chi connectivity index (χ1n) is 7.62. The molecular formula is C18H19N5O. The molecule has 0 saturated carbocycles. The van der Waals surface area contributed by atoms with Gasteiger partial charge in [-0.25, -0.2) is 4.98 Å². The van der Waals surface area contributed by atoms with E-state index in [2.05, 4.69) is 25.6 Å². The van der Waals surface area contributed by atoms with Crippen LogP contribution in [0.3, 0.4) is 0 Å². The molecule has 0 aliphatic heterocycles. The molecule has 6 nitrogen and oxygen atoms in total. The Balaban J connectivity index is 1.73. The summed E-state index contributed by atoms with van der Waals surface area (Å²) in [6.07, 6.45) is 3.59. The summed E-state index contributed by atoms with van der Waals surface area (Å²) in [5.74, 6) is 2.08. The SMILES string of the molecule is COc1cccc(Nc2nc(C)cc(NCc3cccnc3)n2)c1. The molecule has 3 rings (SSSR count). The van der Waals surface area contributed by atoms with Crippen molar-refractivity contribution in [2.45, 2.75) is 13.5 Å². The molecule has 2 N–H and O–H groups in total. The molecule has 0 atom stereocenters. The lowest BCUT2D eigenvalue weighted by Gasteiger charge is -2.10. The van der Waals surface area contributed by atoms with Gasteiger partial charge in [0.2, 0.25) is 5.95 Å². The van der Waals surface area contributed by atoms with Crippen LogP contribution in [0.25, 0.3) is 0 Å². The maximum absolute atomic E-state index is 5.23. The van der Waals surface area contributed by atoms with Crippen molar-refractivity contribution in [2.75, 3.05) is 17.7 Å². The topological polar surface area (TPSA) is 72.0 Å². The van der Waals surface area contributed by atoms with Crippen molar-refractivity contribution in [2.24, 2.45) is 0 Å². The van der Waals surface area contributed by atoms with Crippen molar-refractivity contribution < 1.29 is 4.74 Å². The summed E-state index contributed by atoms with van der Waals surface area (Å²) in [6.45, 7) is 2.59. The summed E-state index contributed by atoms with van der Waals surface area (Å²) in [5.41, 5.74) is 2.85. The molecule has 0 amide bonds. The van der Waals surface area contributed by atoms with Gasteiger partial charge >= 0.3 is 0 Å². The van der Waals surface area contributed by atoms with E-state index >= 15 is 0 Å². The molecule has 24 heavy (non-hydrogen) atoms. The van der Waals surface area contributed by atoms with Gasteiger partial charge in [0.1, 0.15) is 11.6 Å². The minimum atomic E-state index is 0.539. The Morgan fingerprint density at radius 3 is 2.79 bits per heavy atom. The molecule has 2 heterocycles. The maximum Gasteiger partial charge on any atom is 0.229 e. The molecule has 0 bridgehead atoms. The molecule has 0 unspecified atom stereocenters. The zero-order chi connectivity index (χ0) is 16.8. The first kappa shape index (κ1) is 15.7. The van der Waals surface area contributed by atoms with Crippen molar-refractivity contribution in [1.82, 2.24) is 15.0 Å². The third-order valence-electron chi connectivity index (χ3n) is 3.38. The Labute approximate surface area is 141 Å². The number of nitrogens with zero attached hydrogens (tertiary/aromatic N) is 3. The minimum absolute atomic E-state index is 0.539. The Morgan fingerprint density at radius 1 is 1.08 bits per heavy atom. The van der Waals surface area contributed by atoms with E-state index in [4.69, 9.17) is 4.74 Å². The largest absolute Gasteiger partial charge is 0.497 e. The molecule has 0 aliphatic rings. The molecule has 0 radical (unpaired) electrons. The Kier molecular flexibility index (Phi) is 4.86. The van der Waals surface area contributed by atoms with Crippen LogP contribution in [-0.2, 0) is 6.54 Å². The lowest BCUT2D eigenvalue weighted by Crippen LogP contribution is -2.05. The van der Waals surface area contributed by atoms with Crippen molar-refractivity contribution in [3.8, 4) is 5.75 Å². The number of hydrogen-bond acceptors (Lipinski definition) is 6. The summed E-state index contributed by atoms with van der Waals surface area (Å²) in [6, 6.07) is 13.5. The van der Waals surface area contributed by atoms with Crippen molar-refractivity contribution in [3.05, 3.63) is 66.1 Å². The molecule has 0 spiro atoms. The number of methoxy groups -OCH3 is 1. The smallest absolute Gasteiger partial charge is 0.229 e. The van der Waals surface area contributed by atoms with Gasteiger partial charge in [0, 0.05) is 42.5 Å². The zero-order valence-electron chi connectivity index (χ0n) is 13.7. The number of benzene rings is 1. The summed E-state index contributed by atoms with van der Waals surface area (Å²) in [4.78, 5) is 13.0. The van der Waals surface area contributed by atoms with E-state index in [-0.39, 0.29) is 0 Å². The number of rotatable bonds is 6. The zero-order valence-corrected chi connectivity index (χ0v) is 13.7. The monoisotopic (exact) mass is 321 g/mol. The van der Waals surface area contributed by atoms with Gasteiger partial charge in [-0.05, 0) is 30.7 Å². The van der Waals surface area contributed by atoms with Gasteiger partial charge in [0.25, 0.3) is 0 Å². The average molecular weight is 321 g/mol. The summed E-state index contributed by atoms with van der Waals surface area (Å²) >= 11 is 0. The highest BCUT2D eigenvalue weighted by Crippen LogP contribution is 2.20. The maximum atomic E-state index is 5.23. The van der Waals surface area contributed by atoms with E-state index in [1.165, 1.54) is 0 Å². The van der Waals surface area contributed by atoms with Gasteiger partial charge in [-0.1, -0.05) is 12.1 Å². The number of nitrogens with one attached hydrogen (secondary N) is 2. The Hall–Kier alpha value is -3.15. The number of aromatic nitrogens is 3. The summed E-state index contributed by atoms with van der Waals surface area (Å²) < 4.78 is 5.23. The molecule has 3 aromatic rings. The van der Waals surface area contributed by atoms with Gasteiger partial charge in [-0.2, -0.15) is 4.98 Å². The van der Waals surface area contributed by atoms with E-state index in [0.29, 0.717) is 12.5 Å². The predicted molar refractivity (Wildman–Crippen MR) is 94.6 cm³/mol. The van der Waals surface area contributed by atoms with Gasteiger partial charge in [0.15, 0.2) is 0 Å². The molecule has 2 aromatic heterocycles. The number of aryl methyl sites for hydroxylation is 1. The van der Waals surface area contributed by atoms with E-state index in [1.54, 1.807) is 13.3 Å². The second-order valence-corrected chi connectivity index (χ2v) is 5.29.